The van der Waals surface area contributed by atoms with Gasteiger partial charge in [-0.25, -0.2) is 4.39 Å². The molecule has 11 heteroatoms. The molecule has 2 aliphatic carbocycles. The van der Waals surface area contributed by atoms with E-state index in [1.54, 1.807) is 4.90 Å². The number of Topliss-reactive ketones (excluding diaryl/α,β-unsaturated/α-hetero) is 1. The average Bonchev–Trinajstić information content (AvgIpc) is 3.26. The summed E-state index contributed by atoms with van der Waals surface area (Å²) in [5.41, 5.74) is 0.585. The molecule has 4 N–H and O–H groups in total. The third-order valence-electron chi connectivity index (χ3n) is 8.22. The molecule has 4 amide bonds. The molecule has 204 valence electrons. The summed E-state index contributed by atoms with van der Waals surface area (Å²) in [4.78, 5) is 66.4. The number of likely N-dealkylation sites (tertiary alicyclic amines) is 1. The predicted octanol–water partition coefficient (Wildman–Crippen LogP) is 0.723. The fourth-order valence-electron chi connectivity index (χ4n) is 6.03. The smallest absolute Gasteiger partial charge is 0.289 e. The number of nitrogens with one attached hydrogen (secondary N) is 4. The zero-order valence-corrected chi connectivity index (χ0v) is 21.2. The van der Waals surface area contributed by atoms with Crippen LogP contribution in [0.5, 0.6) is 0 Å². The van der Waals surface area contributed by atoms with Crippen molar-refractivity contribution in [2.45, 2.75) is 63.1 Å². The van der Waals surface area contributed by atoms with Crippen molar-refractivity contribution in [1.82, 2.24) is 20.9 Å². The van der Waals surface area contributed by atoms with Crippen molar-refractivity contribution < 1.29 is 28.4 Å². The summed E-state index contributed by atoms with van der Waals surface area (Å²) in [6.07, 6.45) is 4.86. The van der Waals surface area contributed by atoms with Crippen LogP contribution in [0.15, 0.2) is 24.3 Å². The molecule has 38 heavy (non-hydrogen) atoms. The quantitative estimate of drug-likeness (QED) is 0.331. The third-order valence-corrected chi connectivity index (χ3v) is 8.22. The lowest BCUT2D eigenvalue weighted by Crippen LogP contribution is -2.56. The van der Waals surface area contributed by atoms with Gasteiger partial charge in [-0.3, -0.25) is 24.0 Å². The highest BCUT2D eigenvalue weighted by Crippen LogP contribution is 2.42. The normalized spacial score (nSPS) is 26.9. The SMILES string of the molecule is O=C(NC1CC1)C(=O)[C@H](C[C@@H]1CCNC1=O)NC(=O)[C@@H]1[C@H]2CCC[C@H]2CN1C(=O)CNc1ccc(F)cc1. The van der Waals surface area contributed by atoms with Crippen LogP contribution in [0.2, 0.25) is 0 Å². The van der Waals surface area contributed by atoms with E-state index < -0.39 is 35.6 Å². The molecule has 2 saturated carbocycles. The minimum atomic E-state index is -1.15. The molecule has 4 fully saturated rings. The first kappa shape index (κ1) is 26.1. The Balaban J connectivity index is 1.29. The Morgan fingerprint density at radius 2 is 1.82 bits per heavy atom. The fraction of sp³-hybridized carbons (Fsp3) is 0.593. The van der Waals surface area contributed by atoms with Gasteiger partial charge in [0, 0.05) is 30.7 Å². The number of fused-ring (bicyclic) bond motifs is 1. The van der Waals surface area contributed by atoms with Crippen LogP contribution in [0, 0.1) is 23.6 Å². The van der Waals surface area contributed by atoms with Gasteiger partial charge in [-0.1, -0.05) is 6.42 Å². The number of nitrogens with zero attached hydrogens (tertiary/aromatic N) is 1. The number of carbonyl (C=O) groups is 5. The molecule has 10 nitrogen and oxygen atoms in total. The maximum atomic E-state index is 13.7. The molecule has 0 radical (unpaired) electrons. The van der Waals surface area contributed by atoms with Gasteiger partial charge in [0.25, 0.3) is 5.91 Å². The van der Waals surface area contributed by atoms with Crippen molar-refractivity contribution in [2.75, 3.05) is 25.0 Å². The van der Waals surface area contributed by atoms with Gasteiger partial charge < -0.3 is 26.2 Å². The Kier molecular flexibility index (Phi) is 7.62. The van der Waals surface area contributed by atoms with E-state index in [1.165, 1.54) is 24.3 Å². The number of halogens is 1. The van der Waals surface area contributed by atoms with E-state index in [2.05, 4.69) is 21.3 Å². The second kappa shape index (κ2) is 11.1. The molecular formula is C27H34FN5O5. The second-order valence-electron chi connectivity index (χ2n) is 10.9. The van der Waals surface area contributed by atoms with Gasteiger partial charge in [-0.2, -0.15) is 0 Å². The van der Waals surface area contributed by atoms with Gasteiger partial charge in [0.1, 0.15) is 11.9 Å². The van der Waals surface area contributed by atoms with Crippen molar-refractivity contribution >= 4 is 35.1 Å². The summed E-state index contributed by atoms with van der Waals surface area (Å²) in [7, 11) is 0. The summed E-state index contributed by atoms with van der Waals surface area (Å²) in [6.45, 7) is 0.865. The minimum Gasteiger partial charge on any atom is -0.376 e. The van der Waals surface area contributed by atoms with Crippen molar-refractivity contribution in [3.8, 4) is 0 Å². The number of benzene rings is 1. The Morgan fingerprint density at radius 1 is 1.05 bits per heavy atom. The monoisotopic (exact) mass is 527 g/mol. The van der Waals surface area contributed by atoms with Gasteiger partial charge in [-0.15, -0.1) is 0 Å². The number of amides is 4. The fourth-order valence-corrected chi connectivity index (χ4v) is 6.03. The van der Waals surface area contributed by atoms with Crippen LogP contribution in [0.4, 0.5) is 10.1 Å². The molecule has 5 rings (SSSR count). The zero-order valence-electron chi connectivity index (χ0n) is 21.2. The van der Waals surface area contributed by atoms with E-state index in [0.29, 0.717) is 25.2 Å². The average molecular weight is 528 g/mol. The molecule has 2 heterocycles. The first-order valence-corrected chi connectivity index (χ1v) is 13.5. The van der Waals surface area contributed by atoms with Gasteiger partial charge in [-0.05, 0) is 74.6 Å². The van der Waals surface area contributed by atoms with Crippen LogP contribution in [-0.2, 0) is 24.0 Å². The minimum absolute atomic E-state index is 0.0200. The molecule has 4 aliphatic rings. The number of anilines is 1. The lowest BCUT2D eigenvalue weighted by Gasteiger charge is -2.29. The number of hydrogen-bond donors (Lipinski definition) is 4. The lowest BCUT2D eigenvalue weighted by molar-refractivity contribution is -0.142. The highest BCUT2D eigenvalue weighted by Gasteiger charge is 2.50. The van der Waals surface area contributed by atoms with Crippen LogP contribution in [0.3, 0.4) is 0 Å². The van der Waals surface area contributed by atoms with Crippen LogP contribution in [0.25, 0.3) is 0 Å². The highest BCUT2D eigenvalue weighted by molar-refractivity contribution is 6.38. The lowest BCUT2D eigenvalue weighted by atomic mass is 9.91. The van der Waals surface area contributed by atoms with E-state index in [9.17, 15) is 28.4 Å². The molecule has 0 unspecified atom stereocenters. The van der Waals surface area contributed by atoms with Crippen molar-refractivity contribution in [3.63, 3.8) is 0 Å². The molecule has 0 aromatic heterocycles. The van der Waals surface area contributed by atoms with Crippen LogP contribution >= 0.6 is 0 Å². The molecule has 5 atom stereocenters. The molecule has 2 aliphatic heterocycles. The van der Waals surface area contributed by atoms with Crippen molar-refractivity contribution in [3.05, 3.63) is 30.1 Å². The van der Waals surface area contributed by atoms with Crippen LogP contribution in [0.1, 0.15) is 44.9 Å². The Morgan fingerprint density at radius 3 is 2.50 bits per heavy atom. The predicted molar refractivity (Wildman–Crippen MR) is 135 cm³/mol. The first-order chi connectivity index (χ1) is 18.3. The largest absolute Gasteiger partial charge is 0.376 e. The summed E-state index contributed by atoms with van der Waals surface area (Å²) in [6, 6.07) is 3.73. The first-order valence-electron chi connectivity index (χ1n) is 13.5. The molecule has 0 bridgehead atoms. The van der Waals surface area contributed by atoms with E-state index >= 15 is 0 Å². The topological polar surface area (TPSA) is 137 Å². The number of hydrogen-bond acceptors (Lipinski definition) is 6. The summed E-state index contributed by atoms with van der Waals surface area (Å²) in [5, 5.41) is 11.2. The summed E-state index contributed by atoms with van der Waals surface area (Å²) in [5.74, 6) is -3.14. The molecule has 2 saturated heterocycles. The molecule has 1 aromatic carbocycles. The van der Waals surface area contributed by atoms with E-state index in [4.69, 9.17) is 0 Å². The van der Waals surface area contributed by atoms with Gasteiger partial charge in [0.05, 0.1) is 12.6 Å². The van der Waals surface area contributed by atoms with E-state index in [0.717, 1.165) is 32.1 Å². The summed E-state index contributed by atoms with van der Waals surface area (Å²) >= 11 is 0. The maximum absolute atomic E-state index is 13.7. The maximum Gasteiger partial charge on any atom is 0.289 e. The van der Waals surface area contributed by atoms with Crippen molar-refractivity contribution in [2.24, 2.45) is 17.8 Å². The highest BCUT2D eigenvalue weighted by atomic mass is 19.1. The standard InChI is InChI=1S/C27H34FN5O5/c28-17-4-6-18(7-5-17)30-13-22(34)33-14-16-2-1-3-20(16)23(33)26(37)32-21(12-15-10-11-29-25(15)36)24(35)27(38)31-19-8-9-19/h4-7,15-16,19-21,23,30H,1-3,8-14H2,(H,29,36)(H,31,38)(H,32,37)/t15-,16-,20-,21-,23-/m0/s1. The molecule has 1 aromatic rings. The van der Waals surface area contributed by atoms with E-state index in [1.807, 2.05) is 0 Å². The number of carbonyl (C=O) groups excluding carboxylic acids is 5. The van der Waals surface area contributed by atoms with Crippen LogP contribution in [-0.4, -0.2) is 72.1 Å². The van der Waals surface area contributed by atoms with Crippen LogP contribution < -0.4 is 21.3 Å². The van der Waals surface area contributed by atoms with E-state index in [-0.39, 0.29) is 48.5 Å². The Hall–Kier alpha value is -3.50. The van der Waals surface area contributed by atoms with Crippen molar-refractivity contribution in [1.29, 1.82) is 0 Å². The van der Waals surface area contributed by atoms with Gasteiger partial charge in [0.2, 0.25) is 23.5 Å². The van der Waals surface area contributed by atoms with Gasteiger partial charge >= 0.3 is 0 Å². The Labute approximate surface area is 220 Å². The third kappa shape index (κ3) is 5.81. The second-order valence-corrected chi connectivity index (χ2v) is 10.9. The zero-order chi connectivity index (χ0) is 26.8. The van der Waals surface area contributed by atoms with Gasteiger partial charge in [0.15, 0.2) is 0 Å². The summed E-state index contributed by atoms with van der Waals surface area (Å²) < 4.78 is 13.2. The number of ketones is 1. The molecular weight excluding hydrogens is 493 g/mol. The number of rotatable bonds is 10. The Bertz CT molecular complexity index is 1110. The molecule has 0 spiro atoms.